The van der Waals surface area contributed by atoms with Gasteiger partial charge in [0.1, 0.15) is 0 Å². The summed E-state index contributed by atoms with van der Waals surface area (Å²) >= 11 is 0. The normalized spacial score (nSPS) is 22.1. The van der Waals surface area contributed by atoms with Crippen LogP contribution in [0.5, 0.6) is 0 Å². The number of nitrogens with one attached hydrogen (secondary N) is 1. The van der Waals surface area contributed by atoms with Gasteiger partial charge in [-0.3, -0.25) is 4.79 Å². The van der Waals surface area contributed by atoms with Crippen LogP contribution in [0.15, 0.2) is 0 Å². The van der Waals surface area contributed by atoms with E-state index in [1.807, 2.05) is 6.92 Å². The fourth-order valence-electron chi connectivity index (χ4n) is 1.58. The Morgan fingerprint density at radius 2 is 2.20 bits per heavy atom. The lowest BCUT2D eigenvalue weighted by molar-refractivity contribution is -0.133. The molecule has 1 saturated heterocycles. The lowest BCUT2D eigenvalue weighted by Crippen LogP contribution is -2.39. The number of hydrogen-bond acceptors (Lipinski definition) is 2. The Morgan fingerprint density at radius 1 is 1.53 bits per heavy atom. The predicted molar refractivity (Wildman–Crippen MR) is 49.3 cm³/mol. The van der Waals surface area contributed by atoms with E-state index in [1.165, 1.54) is 0 Å². The van der Waals surface area contributed by atoms with Gasteiger partial charge in [0.2, 0.25) is 5.91 Å². The average molecular weight is 224 g/mol. The topological polar surface area (TPSA) is 32.3 Å². The number of amides is 1. The number of carbonyl (C=O) groups is 1. The maximum Gasteiger partial charge on any atom is 0.401 e. The van der Waals surface area contributed by atoms with Gasteiger partial charge in [0.15, 0.2) is 0 Å². The van der Waals surface area contributed by atoms with Crippen LogP contribution in [0.3, 0.4) is 0 Å². The van der Waals surface area contributed by atoms with Gasteiger partial charge in [0.25, 0.3) is 0 Å². The van der Waals surface area contributed by atoms with Crippen LogP contribution in [-0.4, -0.2) is 43.2 Å². The highest BCUT2D eigenvalue weighted by molar-refractivity contribution is 5.78. The lowest BCUT2D eigenvalue weighted by Gasteiger charge is -2.16. The van der Waals surface area contributed by atoms with Crippen molar-refractivity contribution in [3.8, 4) is 0 Å². The zero-order chi connectivity index (χ0) is 11.5. The number of likely N-dealkylation sites (tertiary alicyclic amines) is 1. The number of halogens is 3. The molecule has 3 nitrogen and oxygen atoms in total. The van der Waals surface area contributed by atoms with E-state index >= 15 is 0 Å². The summed E-state index contributed by atoms with van der Waals surface area (Å²) in [7, 11) is 0. The van der Waals surface area contributed by atoms with E-state index in [9.17, 15) is 18.0 Å². The van der Waals surface area contributed by atoms with Crippen molar-refractivity contribution < 1.29 is 18.0 Å². The molecule has 1 rings (SSSR count). The summed E-state index contributed by atoms with van der Waals surface area (Å²) in [6.07, 6.45) is -3.32. The maximum atomic E-state index is 11.8. The molecule has 0 bridgehead atoms. The number of carbonyl (C=O) groups excluding carboxylic acids is 1. The molecule has 1 aliphatic heterocycles. The van der Waals surface area contributed by atoms with Gasteiger partial charge in [-0.05, 0) is 12.3 Å². The van der Waals surface area contributed by atoms with Crippen LogP contribution in [0, 0.1) is 5.92 Å². The van der Waals surface area contributed by atoms with Crippen molar-refractivity contribution in [3.63, 3.8) is 0 Å². The van der Waals surface area contributed by atoms with Crippen molar-refractivity contribution in [1.82, 2.24) is 10.2 Å². The Kier molecular flexibility index (Phi) is 3.96. The van der Waals surface area contributed by atoms with Crippen molar-refractivity contribution >= 4 is 5.91 Å². The minimum Gasteiger partial charge on any atom is -0.341 e. The molecule has 0 aromatic rings. The Labute approximate surface area is 86.6 Å². The highest BCUT2D eigenvalue weighted by Gasteiger charge is 2.28. The third kappa shape index (κ3) is 4.51. The third-order valence-electron chi connectivity index (χ3n) is 2.38. The van der Waals surface area contributed by atoms with Crippen LogP contribution in [-0.2, 0) is 4.79 Å². The molecule has 0 aliphatic carbocycles. The molecule has 1 atom stereocenters. The van der Waals surface area contributed by atoms with E-state index in [-0.39, 0.29) is 12.5 Å². The van der Waals surface area contributed by atoms with Gasteiger partial charge in [0, 0.05) is 13.1 Å². The van der Waals surface area contributed by atoms with E-state index in [1.54, 1.807) is 4.90 Å². The van der Waals surface area contributed by atoms with Crippen LogP contribution in [0.2, 0.25) is 0 Å². The molecular weight excluding hydrogens is 209 g/mol. The molecule has 1 heterocycles. The van der Waals surface area contributed by atoms with Crippen LogP contribution in [0.1, 0.15) is 13.3 Å². The van der Waals surface area contributed by atoms with Crippen LogP contribution in [0.4, 0.5) is 13.2 Å². The molecule has 0 aromatic heterocycles. The van der Waals surface area contributed by atoms with Crippen LogP contribution >= 0.6 is 0 Å². The standard InChI is InChI=1S/C9H15F3N2O/c1-7-2-3-14(5-7)8(15)4-13-6-9(10,11)12/h7,13H,2-6H2,1H3. The van der Waals surface area contributed by atoms with Crippen LogP contribution < -0.4 is 5.32 Å². The minimum absolute atomic E-state index is 0.230. The largest absolute Gasteiger partial charge is 0.401 e. The number of hydrogen-bond donors (Lipinski definition) is 1. The minimum atomic E-state index is -4.25. The fourth-order valence-corrected chi connectivity index (χ4v) is 1.58. The first-order valence-electron chi connectivity index (χ1n) is 4.94. The zero-order valence-corrected chi connectivity index (χ0v) is 8.60. The summed E-state index contributed by atoms with van der Waals surface area (Å²) in [6.45, 7) is 2.00. The fraction of sp³-hybridized carbons (Fsp3) is 0.889. The Balaban J connectivity index is 2.19. The molecule has 1 unspecified atom stereocenters. The second-order valence-corrected chi connectivity index (χ2v) is 3.95. The van der Waals surface area contributed by atoms with E-state index in [0.29, 0.717) is 19.0 Å². The van der Waals surface area contributed by atoms with Crippen LogP contribution in [0.25, 0.3) is 0 Å². The summed E-state index contributed by atoms with van der Waals surface area (Å²) in [4.78, 5) is 13.0. The molecule has 0 radical (unpaired) electrons. The second-order valence-electron chi connectivity index (χ2n) is 3.95. The highest BCUT2D eigenvalue weighted by atomic mass is 19.4. The second kappa shape index (κ2) is 4.83. The Hall–Kier alpha value is -0.780. The van der Waals surface area contributed by atoms with Gasteiger partial charge < -0.3 is 10.2 Å². The lowest BCUT2D eigenvalue weighted by atomic mass is 10.2. The molecule has 1 fully saturated rings. The third-order valence-corrected chi connectivity index (χ3v) is 2.38. The average Bonchev–Trinajstić information content (AvgIpc) is 2.49. The van der Waals surface area contributed by atoms with Gasteiger partial charge in [-0.2, -0.15) is 13.2 Å². The first-order valence-corrected chi connectivity index (χ1v) is 4.94. The molecule has 0 aromatic carbocycles. The quantitative estimate of drug-likeness (QED) is 0.775. The molecule has 0 spiro atoms. The predicted octanol–water partition coefficient (Wildman–Crippen LogP) is 1.01. The van der Waals surface area contributed by atoms with E-state index < -0.39 is 12.7 Å². The van der Waals surface area contributed by atoms with Gasteiger partial charge >= 0.3 is 6.18 Å². The molecule has 1 amide bonds. The van der Waals surface area contributed by atoms with Crippen molar-refractivity contribution in [2.45, 2.75) is 19.5 Å². The molecule has 88 valence electrons. The first-order chi connectivity index (χ1) is 6.88. The van der Waals surface area contributed by atoms with Gasteiger partial charge in [-0.15, -0.1) is 0 Å². The van der Waals surface area contributed by atoms with Crippen molar-refractivity contribution in [3.05, 3.63) is 0 Å². The van der Waals surface area contributed by atoms with E-state index in [2.05, 4.69) is 5.32 Å². The van der Waals surface area contributed by atoms with Crippen molar-refractivity contribution in [2.24, 2.45) is 5.92 Å². The van der Waals surface area contributed by atoms with Crippen molar-refractivity contribution in [2.75, 3.05) is 26.2 Å². The van der Waals surface area contributed by atoms with E-state index in [0.717, 1.165) is 6.42 Å². The molecular formula is C9H15F3N2O. The Morgan fingerprint density at radius 3 is 2.67 bits per heavy atom. The molecule has 6 heteroatoms. The number of alkyl halides is 3. The molecule has 1 N–H and O–H groups in total. The smallest absolute Gasteiger partial charge is 0.341 e. The number of rotatable bonds is 3. The summed E-state index contributed by atoms with van der Waals surface area (Å²) < 4.78 is 35.3. The summed E-state index contributed by atoms with van der Waals surface area (Å²) in [5.74, 6) is 0.208. The SMILES string of the molecule is CC1CCN(C(=O)CNCC(F)(F)F)C1. The summed E-state index contributed by atoms with van der Waals surface area (Å²) in [6, 6.07) is 0. The molecule has 1 aliphatic rings. The molecule has 15 heavy (non-hydrogen) atoms. The van der Waals surface area contributed by atoms with Crippen molar-refractivity contribution in [1.29, 1.82) is 0 Å². The zero-order valence-electron chi connectivity index (χ0n) is 8.60. The first kappa shape index (κ1) is 12.3. The summed E-state index contributed by atoms with van der Waals surface area (Å²) in [5, 5.41) is 2.10. The van der Waals surface area contributed by atoms with Gasteiger partial charge in [-0.1, -0.05) is 6.92 Å². The van der Waals surface area contributed by atoms with E-state index in [4.69, 9.17) is 0 Å². The Bertz CT molecular complexity index is 230. The summed E-state index contributed by atoms with van der Waals surface area (Å²) in [5.41, 5.74) is 0. The van der Waals surface area contributed by atoms with Gasteiger partial charge in [0.05, 0.1) is 13.1 Å². The van der Waals surface area contributed by atoms with Gasteiger partial charge in [-0.25, -0.2) is 0 Å². The highest BCUT2D eigenvalue weighted by Crippen LogP contribution is 2.15. The monoisotopic (exact) mass is 224 g/mol. The molecule has 0 saturated carbocycles. The number of nitrogens with zero attached hydrogens (tertiary/aromatic N) is 1. The maximum absolute atomic E-state index is 11.8.